The quantitative estimate of drug-likeness (QED) is 0.361. The van der Waals surface area contributed by atoms with Gasteiger partial charge in [-0.2, -0.15) is 0 Å². The fourth-order valence-electron chi connectivity index (χ4n) is 6.54. The van der Waals surface area contributed by atoms with Crippen molar-refractivity contribution in [2.45, 2.75) is 74.3 Å². The van der Waals surface area contributed by atoms with Gasteiger partial charge in [0, 0.05) is 22.4 Å². The standard InChI is InChI=1S/C31H32N4O6S/c1-4-18-14-13-17-11-8-12-19-23(17)34(18)15-20(24(19)36)26(37)32-21(16-9-6-5-7-10-16)27(38)33-22-28(39)35-25(30(40)41)31(2,3)42-29(22)35/h5-12,15,18,21-22,25,29H,4,13-14H2,1-3H3,(H,32,37)(H,33,38)(H,40,41). The Balaban J connectivity index is 1.30. The molecule has 5 unspecified atom stereocenters. The molecular weight excluding hydrogens is 556 g/mol. The number of nitrogens with one attached hydrogen (secondary N) is 2. The molecule has 0 spiro atoms. The maximum absolute atomic E-state index is 13.7. The molecule has 5 atom stereocenters. The van der Waals surface area contributed by atoms with Crippen LogP contribution < -0.4 is 16.1 Å². The van der Waals surface area contributed by atoms with E-state index in [9.17, 15) is 29.1 Å². The Hall–Kier alpha value is -4.12. The van der Waals surface area contributed by atoms with Crippen LogP contribution in [0.5, 0.6) is 0 Å². The number of carboxylic acids is 1. The smallest absolute Gasteiger partial charge is 0.327 e. The molecule has 42 heavy (non-hydrogen) atoms. The molecule has 0 radical (unpaired) electrons. The number of aromatic nitrogens is 1. The average molecular weight is 589 g/mol. The maximum Gasteiger partial charge on any atom is 0.327 e. The Kier molecular flexibility index (Phi) is 6.87. The van der Waals surface area contributed by atoms with E-state index in [1.165, 1.54) is 16.7 Å². The Morgan fingerprint density at radius 1 is 1.10 bits per heavy atom. The topological polar surface area (TPSA) is 138 Å². The molecule has 0 saturated carbocycles. The largest absolute Gasteiger partial charge is 0.480 e. The number of hydrogen-bond acceptors (Lipinski definition) is 6. The minimum atomic E-state index is -1.19. The molecule has 3 N–H and O–H groups in total. The normalized spacial score (nSPS) is 24.5. The lowest BCUT2D eigenvalue weighted by Gasteiger charge is -2.44. The molecule has 4 heterocycles. The third-order valence-electron chi connectivity index (χ3n) is 8.63. The number of carbonyl (C=O) groups is 4. The van der Waals surface area contributed by atoms with Crippen molar-refractivity contribution >= 4 is 46.4 Å². The Bertz CT molecular complexity index is 1690. The number of rotatable bonds is 7. The number of para-hydroxylation sites is 1. The number of aryl methyl sites for hydroxylation is 1. The lowest BCUT2D eigenvalue weighted by molar-refractivity contribution is -0.161. The number of hydrogen-bond donors (Lipinski definition) is 3. The average Bonchev–Trinajstić information content (AvgIpc) is 3.24. The van der Waals surface area contributed by atoms with Crippen LogP contribution >= 0.6 is 11.8 Å². The number of aliphatic carboxylic acids is 1. The molecular formula is C31H32N4O6S. The van der Waals surface area contributed by atoms with Gasteiger partial charge in [0.1, 0.15) is 29.1 Å². The van der Waals surface area contributed by atoms with Crippen molar-refractivity contribution < 1.29 is 24.3 Å². The summed E-state index contributed by atoms with van der Waals surface area (Å²) in [5.74, 6) is -2.89. The second-order valence-electron chi connectivity index (χ2n) is 11.6. The number of carbonyl (C=O) groups excluding carboxylic acids is 3. The number of fused-ring (bicyclic) bond motifs is 1. The van der Waals surface area contributed by atoms with Crippen LogP contribution in [-0.4, -0.2) is 60.5 Å². The van der Waals surface area contributed by atoms with E-state index in [-0.39, 0.29) is 11.6 Å². The van der Waals surface area contributed by atoms with Gasteiger partial charge in [-0.25, -0.2) is 4.79 Å². The van der Waals surface area contributed by atoms with Gasteiger partial charge in [0.25, 0.3) is 5.91 Å². The highest BCUT2D eigenvalue weighted by Crippen LogP contribution is 2.50. The Morgan fingerprint density at radius 2 is 1.83 bits per heavy atom. The highest BCUT2D eigenvalue weighted by molar-refractivity contribution is 8.01. The zero-order valence-electron chi connectivity index (χ0n) is 23.5. The van der Waals surface area contributed by atoms with E-state index >= 15 is 0 Å². The number of β-lactam (4-membered cyclic amide) rings is 1. The molecule has 3 aromatic rings. The first-order chi connectivity index (χ1) is 20.0. The number of amides is 3. The number of thioether (sulfide) groups is 1. The van der Waals surface area contributed by atoms with E-state index in [4.69, 9.17) is 0 Å². The minimum Gasteiger partial charge on any atom is -0.480 e. The van der Waals surface area contributed by atoms with Crippen molar-refractivity contribution in [2.75, 3.05) is 0 Å². The zero-order valence-corrected chi connectivity index (χ0v) is 24.3. The maximum atomic E-state index is 13.7. The molecule has 1 aromatic heterocycles. The van der Waals surface area contributed by atoms with Crippen LogP contribution in [0.1, 0.15) is 67.2 Å². The van der Waals surface area contributed by atoms with Crippen molar-refractivity contribution in [1.82, 2.24) is 20.1 Å². The van der Waals surface area contributed by atoms with Gasteiger partial charge in [0.05, 0.1) is 5.52 Å². The van der Waals surface area contributed by atoms with Gasteiger partial charge >= 0.3 is 5.97 Å². The van der Waals surface area contributed by atoms with Crippen molar-refractivity contribution in [1.29, 1.82) is 0 Å². The third-order valence-corrected chi connectivity index (χ3v) is 10.2. The highest BCUT2D eigenvalue weighted by Gasteiger charge is 2.64. The van der Waals surface area contributed by atoms with Gasteiger partial charge < -0.3 is 25.2 Å². The van der Waals surface area contributed by atoms with E-state index in [0.717, 1.165) is 30.3 Å². The summed E-state index contributed by atoms with van der Waals surface area (Å²) >= 11 is 1.32. The molecule has 2 saturated heterocycles. The molecule has 0 aliphatic carbocycles. The van der Waals surface area contributed by atoms with E-state index in [0.29, 0.717) is 10.9 Å². The number of nitrogens with zero attached hydrogens (tertiary/aromatic N) is 2. The number of pyridine rings is 1. The predicted molar refractivity (Wildman–Crippen MR) is 158 cm³/mol. The fourth-order valence-corrected chi connectivity index (χ4v) is 8.16. The van der Waals surface area contributed by atoms with E-state index in [2.05, 4.69) is 17.6 Å². The molecule has 10 nitrogen and oxygen atoms in total. The summed E-state index contributed by atoms with van der Waals surface area (Å²) in [6.07, 6.45) is 4.20. The Morgan fingerprint density at radius 3 is 2.52 bits per heavy atom. The van der Waals surface area contributed by atoms with Crippen LogP contribution in [0.4, 0.5) is 0 Å². The summed E-state index contributed by atoms with van der Waals surface area (Å²) in [5.41, 5.74) is 1.93. The number of benzene rings is 2. The second kappa shape index (κ2) is 10.3. The van der Waals surface area contributed by atoms with Gasteiger partial charge in [-0.15, -0.1) is 11.8 Å². The van der Waals surface area contributed by atoms with Crippen molar-refractivity contribution in [3.05, 3.63) is 81.6 Å². The first-order valence-corrected chi connectivity index (χ1v) is 15.0. The molecule has 218 valence electrons. The van der Waals surface area contributed by atoms with Gasteiger partial charge in [-0.1, -0.05) is 49.4 Å². The SMILES string of the molecule is CCC1CCc2cccc3c(=O)c(C(=O)NC(C(=O)NC4C(=O)N5C4SC(C)(C)C5C(=O)O)c4ccccc4)cn1c23. The zero-order chi connectivity index (χ0) is 29.9. The summed E-state index contributed by atoms with van der Waals surface area (Å²) in [7, 11) is 0. The summed E-state index contributed by atoms with van der Waals surface area (Å²) in [5, 5.41) is 15.1. The van der Waals surface area contributed by atoms with Crippen molar-refractivity contribution in [3.63, 3.8) is 0 Å². The summed E-state index contributed by atoms with van der Waals surface area (Å²) in [4.78, 5) is 67.2. The third kappa shape index (κ3) is 4.38. The van der Waals surface area contributed by atoms with Crippen LogP contribution in [0, 0.1) is 0 Å². The van der Waals surface area contributed by atoms with Gasteiger partial charge in [0.2, 0.25) is 17.2 Å². The summed E-state index contributed by atoms with van der Waals surface area (Å²) in [6.45, 7) is 5.59. The van der Waals surface area contributed by atoms with Crippen LogP contribution in [0.25, 0.3) is 10.9 Å². The lowest BCUT2D eigenvalue weighted by atomic mass is 9.94. The molecule has 11 heteroatoms. The van der Waals surface area contributed by atoms with E-state index in [1.54, 1.807) is 56.4 Å². The lowest BCUT2D eigenvalue weighted by Crippen LogP contribution is -2.71. The predicted octanol–water partition coefficient (Wildman–Crippen LogP) is 3.00. The van der Waals surface area contributed by atoms with Crippen LogP contribution in [0.3, 0.4) is 0 Å². The molecule has 0 bridgehead atoms. The molecule has 3 amide bonds. The van der Waals surface area contributed by atoms with Crippen molar-refractivity contribution in [3.8, 4) is 0 Å². The summed E-state index contributed by atoms with van der Waals surface area (Å²) < 4.78 is 1.27. The molecule has 2 fully saturated rings. The second-order valence-corrected chi connectivity index (χ2v) is 13.4. The van der Waals surface area contributed by atoms with Crippen molar-refractivity contribution in [2.24, 2.45) is 0 Å². The van der Waals surface area contributed by atoms with Crippen LogP contribution in [0.2, 0.25) is 0 Å². The fraction of sp³-hybridized carbons (Fsp3) is 0.387. The summed E-state index contributed by atoms with van der Waals surface area (Å²) in [6, 6.07) is 11.2. The molecule has 3 aliphatic heterocycles. The van der Waals surface area contributed by atoms with E-state index in [1.807, 2.05) is 16.7 Å². The Labute approximate surface area is 246 Å². The monoisotopic (exact) mass is 588 g/mol. The highest BCUT2D eigenvalue weighted by atomic mass is 32.2. The molecule has 6 rings (SSSR count). The van der Waals surface area contributed by atoms with Gasteiger partial charge in [0.15, 0.2) is 0 Å². The van der Waals surface area contributed by atoms with Gasteiger partial charge in [-0.3, -0.25) is 19.2 Å². The minimum absolute atomic E-state index is 0.0583. The first-order valence-electron chi connectivity index (χ1n) is 14.1. The molecule has 2 aromatic carbocycles. The number of carboxylic acid groups (broad SMARTS) is 1. The van der Waals surface area contributed by atoms with Crippen LogP contribution in [-0.2, 0) is 20.8 Å². The van der Waals surface area contributed by atoms with Crippen LogP contribution in [0.15, 0.2) is 59.5 Å². The first kappa shape index (κ1) is 28.0. The molecule has 3 aliphatic rings. The van der Waals surface area contributed by atoms with Gasteiger partial charge in [-0.05, 0) is 50.3 Å². The van der Waals surface area contributed by atoms with E-state index < -0.39 is 57.4 Å².